The monoisotopic (exact) mass is 364 g/mol. The Morgan fingerprint density at radius 3 is 2.57 bits per heavy atom. The normalized spacial score (nSPS) is 9.81. The number of methoxy groups -OCH3 is 1. The van der Waals surface area contributed by atoms with Gasteiger partial charge in [-0.05, 0) is 54.7 Å². The van der Waals surface area contributed by atoms with Crippen LogP contribution in [0.3, 0.4) is 0 Å². The van der Waals surface area contributed by atoms with Crippen LogP contribution in [0.2, 0.25) is 0 Å². The third-order valence-corrected chi connectivity index (χ3v) is 3.39. The van der Waals surface area contributed by atoms with Crippen molar-refractivity contribution >= 4 is 44.9 Å². The quantitative estimate of drug-likeness (QED) is 0.817. The average Bonchev–Trinajstić information content (AvgIpc) is 2.49. The standard InChI is InChI=1S/C15H13BrN2O2S/c1-20-13-4-2-3-10(9-13)14(19)18-15(21)17-12-7-5-11(16)6-8-12/h2-9H,1H3,(H2,17,18,19,21). The lowest BCUT2D eigenvalue weighted by Gasteiger charge is -2.10. The SMILES string of the molecule is COc1cccc(C(=O)NC(=S)Nc2ccc(Br)cc2)c1. The Morgan fingerprint density at radius 1 is 1.19 bits per heavy atom. The first kappa shape index (κ1) is 15.5. The van der Waals surface area contributed by atoms with E-state index in [0.717, 1.165) is 10.2 Å². The van der Waals surface area contributed by atoms with Crippen LogP contribution in [0.25, 0.3) is 0 Å². The maximum Gasteiger partial charge on any atom is 0.257 e. The highest BCUT2D eigenvalue weighted by atomic mass is 79.9. The number of hydrogen-bond donors (Lipinski definition) is 2. The summed E-state index contributed by atoms with van der Waals surface area (Å²) in [6.07, 6.45) is 0. The molecule has 0 bridgehead atoms. The lowest BCUT2D eigenvalue weighted by molar-refractivity contribution is 0.0977. The molecule has 2 N–H and O–H groups in total. The highest BCUT2D eigenvalue weighted by Gasteiger charge is 2.08. The van der Waals surface area contributed by atoms with Crippen molar-refractivity contribution < 1.29 is 9.53 Å². The van der Waals surface area contributed by atoms with E-state index in [2.05, 4.69) is 26.6 Å². The minimum absolute atomic E-state index is 0.241. The molecule has 0 saturated carbocycles. The summed E-state index contributed by atoms with van der Waals surface area (Å²) in [7, 11) is 1.55. The number of carbonyl (C=O) groups excluding carboxylic acids is 1. The molecule has 0 spiro atoms. The summed E-state index contributed by atoms with van der Waals surface area (Å²) in [6.45, 7) is 0. The van der Waals surface area contributed by atoms with Gasteiger partial charge in [-0.3, -0.25) is 10.1 Å². The van der Waals surface area contributed by atoms with Gasteiger partial charge in [0, 0.05) is 15.7 Å². The van der Waals surface area contributed by atoms with E-state index >= 15 is 0 Å². The fourth-order valence-corrected chi connectivity index (χ4v) is 2.11. The molecule has 2 aromatic carbocycles. The lowest BCUT2D eigenvalue weighted by atomic mass is 10.2. The summed E-state index contributed by atoms with van der Waals surface area (Å²) in [5, 5.41) is 5.81. The van der Waals surface area contributed by atoms with Gasteiger partial charge in [-0.1, -0.05) is 22.0 Å². The van der Waals surface area contributed by atoms with Crippen LogP contribution in [0.4, 0.5) is 5.69 Å². The molecule has 0 aliphatic heterocycles. The zero-order chi connectivity index (χ0) is 15.2. The molecule has 6 heteroatoms. The van der Waals surface area contributed by atoms with Crippen LogP contribution in [0, 0.1) is 0 Å². The molecule has 4 nitrogen and oxygen atoms in total. The van der Waals surface area contributed by atoms with Crippen LogP contribution in [0.1, 0.15) is 10.4 Å². The van der Waals surface area contributed by atoms with Gasteiger partial charge in [0.15, 0.2) is 5.11 Å². The summed E-state index contributed by atoms with van der Waals surface area (Å²) in [5.41, 5.74) is 1.28. The van der Waals surface area contributed by atoms with Gasteiger partial charge in [-0.25, -0.2) is 0 Å². The molecule has 2 aromatic rings. The van der Waals surface area contributed by atoms with Gasteiger partial charge in [-0.2, -0.15) is 0 Å². The summed E-state index contributed by atoms with van der Waals surface area (Å²) in [5.74, 6) is 0.331. The zero-order valence-electron chi connectivity index (χ0n) is 11.2. The van der Waals surface area contributed by atoms with Crippen molar-refractivity contribution in [2.24, 2.45) is 0 Å². The number of thiocarbonyl (C=S) groups is 1. The van der Waals surface area contributed by atoms with Crippen molar-refractivity contribution in [2.75, 3.05) is 12.4 Å². The summed E-state index contributed by atoms with van der Waals surface area (Å²) in [4.78, 5) is 12.1. The first-order chi connectivity index (χ1) is 10.1. The van der Waals surface area contributed by atoms with Crippen LogP contribution >= 0.6 is 28.1 Å². The molecule has 1 amide bonds. The second-order valence-corrected chi connectivity index (χ2v) is 5.47. The fraction of sp³-hybridized carbons (Fsp3) is 0.0667. The predicted molar refractivity (Wildman–Crippen MR) is 90.8 cm³/mol. The van der Waals surface area contributed by atoms with E-state index < -0.39 is 0 Å². The van der Waals surface area contributed by atoms with Gasteiger partial charge in [0.25, 0.3) is 5.91 Å². The van der Waals surface area contributed by atoms with E-state index in [-0.39, 0.29) is 11.0 Å². The minimum Gasteiger partial charge on any atom is -0.497 e. The van der Waals surface area contributed by atoms with E-state index in [1.165, 1.54) is 0 Å². The largest absolute Gasteiger partial charge is 0.497 e. The van der Waals surface area contributed by atoms with Gasteiger partial charge in [0.1, 0.15) is 5.75 Å². The molecule has 0 heterocycles. The molecule has 0 fully saturated rings. The van der Waals surface area contributed by atoms with Crippen LogP contribution in [0.5, 0.6) is 5.75 Å². The Morgan fingerprint density at radius 2 is 1.90 bits per heavy atom. The van der Waals surface area contributed by atoms with E-state index in [4.69, 9.17) is 17.0 Å². The van der Waals surface area contributed by atoms with Crippen LogP contribution < -0.4 is 15.4 Å². The number of benzene rings is 2. The molecule has 0 radical (unpaired) electrons. The van der Waals surface area contributed by atoms with Gasteiger partial charge >= 0.3 is 0 Å². The van der Waals surface area contributed by atoms with Crippen molar-refractivity contribution in [1.29, 1.82) is 0 Å². The van der Waals surface area contributed by atoms with E-state index in [0.29, 0.717) is 11.3 Å². The highest BCUT2D eigenvalue weighted by molar-refractivity contribution is 9.10. The number of halogens is 1. The number of ether oxygens (including phenoxy) is 1. The van der Waals surface area contributed by atoms with Crippen molar-refractivity contribution in [3.63, 3.8) is 0 Å². The maximum atomic E-state index is 12.1. The first-order valence-corrected chi connectivity index (χ1v) is 7.30. The molecule has 0 unspecified atom stereocenters. The molecule has 21 heavy (non-hydrogen) atoms. The summed E-state index contributed by atoms with van der Waals surface area (Å²) < 4.78 is 6.06. The second-order valence-electron chi connectivity index (χ2n) is 4.15. The van der Waals surface area contributed by atoms with E-state index in [1.54, 1.807) is 31.4 Å². The number of anilines is 1. The third-order valence-electron chi connectivity index (χ3n) is 2.66. The number of amides is 1. The lowest BCUT2D eigenvalue weighted by Crippen LogP contribution is -2.34. The van der Waals surface area contributed by atoms with E-state index in [1.807, 2.05) is 24.3 Å². The van der Waals surface area contributed by atoms with Gasteiger partial charge in [0.05, 0.1) is 7.11 Å². The number of nitrogens with one attached hydrogen (secondary N) is 2. The Hall–Kier alpha value is -1.92. The Labute approximate surface area is 136 Å². The smallest absolute Gasteiger partial charge is 0.257 e. The molecule has 0 aliphatic carbocycles. The second kappa shape index (κ2) is 7.19. The molecule has 0 aromatic heterocycles. The molecular weight excluding hydrogens is 352 g/mol. The van der Waals surface area contributed by atoms with Gasteiger partial charge < -0.3 is 10.1 Å². The van der Waals surface area contributed by atoms with Gasteiger partial charge in [0.2, 0.25) is 0 Å². The van der Waals surface area contributed by atoms with Gasteiger partial charge in [-0.15, -0.1) is 0 Å². The Bertz CT molecular complexity index is 659. The predicted octanol–water partition coefficient (Wildman–Crippen LogP) is 3.58. The Balaban J connectivity index is 1.98. The molecule has 108 valence electrons. The highest BCUT2D eigenvalue weighted by Crippen LogP contribution is 2.14. The molecule has 0 saturated heterocycles. The zero-order valence-corrected chi connectivity index (χ0v) is 13.6. The molecule has 0 atom stereocenters. The third kappa shape index (κ3) is 4.54. The topological polar surface area (TPSA) is 50.4 Å². The van der Waals surface area contributed by atoms with Crippen LogP contribution in [-0.2, 0) is 0 Å². The number of carbonyl (C=O) groups is 1. The van der Waals surface area contributed by atoms with Crippen LogP contribution in [0.15, 0.2) is 53.0 Å². The number of hydrogen-bond acceptors (Lipinski definition) is 3. The fourth-order valence-electron chi connectivity index (χ4n) is 1.64. The first-order valence-electron chi connectivity index (χ1n) is 6.10. The Kier molecular flexibility index (Phi) is 5.30. The molecular formula is C15H13BrN2O2S. The number of rotatable bonds is 3. The summed E-state index contributed by atoms with van der Waals surface area (Å²) >= 11 is 8.47. The van der Waals surface area contributed by atoms with Crippen molar-refractivity contribution in [3.05, 3.63) is 58.6 Å². The van der Waals surface area contributed by atoms with E-state index in [9.17, 15) is 4.79 Å². The molecule has 2 rings (SSSR count). The minimum atomic E-state index is -0.288. The average molecular weight is 365 g/mol. The maximum absolute atomic E-state index is 12.1. The summed E-state index contributed by atoms with van der Waals surface area (Å²) in [6, 6.07) is 14.3. The van der Waals surface area contributed by atoms with Crippen molar-refractivity contribution in [3.8, 4) is 5.75 Å². The van der Waals surface area contributed by atoms with Crippen molar-refractivity contribution in [1.82, 2.24) is 5.32 Å². The van der Waals surface area contributed by atoms with Crippen LogP contribution in [-0.4, -0.2) is 18.1 Å². The molecule has 0 aliphatic rings. The van der Waals surface area contributed by atoms with Crippen molar-refractivity contribution in [2.45, 2.75) is 0 Å².